The Kier molecular flexibility index (Phi) is 4.58. The van der Waals surface area contributed by atoms with Crippen LogP contribution < -0.4 is 0 Å². The van der Waals surface area contributed by atoms with Crippen molar-refractivity contribution < 1.29 is 9.84 Å². The van der Waals surface area contributed by atoms with Gasteiger partial charge in [0.05, 0.1) is 6.10 Å². The summed E-state index contributed by atoms with van der Waals surface area (Å²) in [4.78, 5) is 0. The zero-order chi connectivity index (χ0) is 10.6. The van der Waals surface area contributed by atoms with Crippen molar-refractivity contribution >= 4 is 11.3 Å². The molecule has 14 heavy (non-hydrogen) atoms. The molecule has 1 heterocycles. The molecule has 0 fully saturated rings. The van der Waals surface area contributed by atoms with Gasteiger partial charge in [-0.15, -0.1) is 0 Å². The first kappa shape index (κ1) is 11.7. The highest BCUT2D eigenvalue weighted by Crippen LogP contribution is 2.26. The molecule has 2 unspecified atom stereocenters. The van der Waals surface area contributed by atoms with E-state index in [0.717, 1.165) is 5.56 Å². The average molecular weight is 214 g/mol. The Bertz CT molecular complexity index is 244. The average Bonchev–Trinajstić information content (AvgIpc) is 2.65. The minimum atomic E-state index is -0.499. The van der Waals surface area contributed by atoms with E-state index in [-0.39, 0.29) is 6.10 Å². The van der Waals surface area contributed by atoms with Gasteiger partial charge in [-0.2, -0.15) is 11.3 Å². The number of thiophene rings is 1. The number of aliphatic hydroxyl groups excluding tert-OH is 1. The highest BCUT2D eigenvalue weighted by molar-refractivity contribution is 7.07. The lowest BCUT2D eigenvalue weighted by atomic mass is 9.98. The van der Waals surface area contributed by atoms with Gasteiger partial charge in [-0.25, -0.2) is 0 Å². The standard InChI is InChI=1S/C11H18O2S/c1-4-13-11(8(2)3)10(12)9-5-6-14-7-9/h5-8,10-12H,4H2,1-3H3. The molecule has 0 amide bonds. The van der Waals surface area contributed by atoms with E-state index in [4.69, 9.17) is 4.74 Å². The van der Waals surface area contributed by atoms with Crippen molar-refractivity contribution in [3.05, 3.63) is 22.4 Å². The van der Waals surface area contributed by atoms with Gasteiger partial charge in [0.2, 0.25) is 0 Å². The van der Waals surface area contributed by atoms with Gasteiger partial charge in [0, 0.05) is 6.61 Å². The first-order valence-corrected chi connectivity index (χ1v) is 5.92. The van der Waals surface area contributed by atoms with Crippen LogP contribution in [0.5, 0.6) is 0 Å². The molecule has 2 atom stereocenters. The van der Waals surface area contributed by atoms with Crippen LogP contribution in [0.1, 0.15) is 32.4 Å². The van der Waals surface area contributed by atoms with Crippen molar-refractivity contribution in [2.45, 2.75) is 33.0 Å². The van der Waals surface area contributed by atoms with Crippen LogP contribution in [-0.2, 0) is 4.74 Å². The zero-order valence-corrected chi connectivity index (χ0v) is 9.75. The highest BCUT2D eigenvalue weighted by atomic mass is 32.1. The van der Waals surface area contributed by atoms with Gasteiger partial charge >= 0.3 is 0 Å². The van der Waals surface area contributed by atoms with E-state index in [0.29, 0.717) is 12.5 Å². The van der Waals surface area contributed by atoms with E-state index in [2.05, 4.69) is 13.8 Å². The highest BCUT2D eigenvalue weighted by Gasteiger charge is 2.24. The second kappa shape index (κ2) is 5.49. The summed E-state index contributed by atoms with van der Waals surface area (Å²) in [5.41, 5.74) is 0.960. The lowest BCUT2D eigenvalue weighted by Crippen LogP contribution is -2.27. The van der Waals surface area contributed by atoms with Gasteiger partial charge in [-0.3, -0.25) is 0 Å². The first-order chi connectivity index (χ1) is 6.66. The lowest BCUT2D eigenvalue weighted by Gasteiger charge is -2.25. The lowest BCUT2D eigenvalue weighted by molar-refractivity contribution is -0.0583. The smallest absolute Gasteiger partial charge is 0.106 e. The van der Waals surface area contributed by atoms with Gasteiger partial charge in [-0.1, -0.05) is 13.8 Å². The Morgan fingerprint density at radius 3 is 2.64 bits per heavy atom. The molecule has 1 aromatic rings. The molecule has 0 aromatic carbocycles. The molecule has 1 N–H and O–H groups in total. The molecular formula is C11H18O2S. The number of aliphatic hydroxyl groups is 1. The number of hydrogen-bond acceptors (Lipinski definition) is 3. The van der Waals surface area contributed by atoms with E-state index in [9.17, 15) is 5.11 Å². The molecule has 1 aromatic heterocycles. The molecule has 1 rings (SSSR count). The molecule has 0 aliphatic carbocycles. The van der Waals surface area contributed by atoms with E-state index in [1.807, 2.05) is 23.8 Å². The first-order valence-electron chi connectivity index (χ1n) is 4.98. The van der Waals surface area contributed by atoms with Crippen LogP contribution in [0.25, 0.3) is 0 Å². The van der Waals surface area contributed by atoms with Crippen molar-refractivity contribution in [2.75, 3.05) is 6.61 Å². The van der Waals surface area contributed by atoms with Gasteiger partial charge in [0.25, 0.3) is 0 Å². The summed E-state index contributed by atoms with van der Waals surface area (Å²) < 4.78 is 5.54. The fourth-order valence-electron chi connectivity index (χ4n) is 1.47. The van der Waals surface area contributed by atoms with Crippen molar-refractivity contribution in [1.29, 1.82) is 0 Å². The molecule has 0 aliphatic heterocycles. The van der Waals surface area contributed by atoms with Crippen LogP contribution in [0.2, 0.25) is 0 Å². The molecule has 3 heteroatoms. The minimum Gasteiger partial charge on any atom is -0.386 e. The third-order valence-corrected chi connectivity index (χ3v) is 2.91. The Morgan fingerprint density at radius 1 is 1.50 bits per heavy atom. The van der Waals surface area contributed by atoms with Gasteiger partial charge < -0.3 is 9.84 Å². The summed E-state index contributed by atoms with van der Waals surface area (Å²) in [5, 5.41) is 14.0. The Balaban J connectivity index is 2.68. The molecule has 0 radical (unpaired) electrons. The maximum atomic E-state index is 10.1. The van der Waals surface area contributed by atoms with Gasteiger partial charge in [0.1, 0.15) is 6.10 Å². The normalized spacial score (nSPS) is 15.8. The zero-order valence-electron chi connectivity index (χ0n) is 8.93. The van der Waals surface area contributed by atoms with E-state index in [1.165, 1.54) is 0 Å². The van der Waals surface area contributed by atoms with Crippen molar-refractivity contribution in [3.8, 4) is 0 Å². The maximum absolute atomic E-state index is 10.1. The van der Waals surface area contributed by atoms with Crippen molar-refractivity contribution in [3.63, 3.8) is 0 Å². The summed E-state index contributed by atoms with van der Waals surface area (Å²) in [5.74, 6) is 0.324. The van der Waals surface area contributed by atoms with E-state index < -0.39 is 6.10 Å². The van der Waals surface area contributed by atoms with Crippen LogP contribution in [0.15, 0.2) is 16.8 Å². The molecule has 0 aliphatic rings. The predicted octanol–water partition coefficient (Wildman–Crippen LogP) is 2.84. The second-order valence-electron chi connectivity index (χ2n) is 3.67. The van der Waals surface area contributed by atoms with E-state index >= 15 is 0 Å². The van der Waals surface area contributed by atoms with E-state index in [1.54, 1.807) is 11.3 Å². The minimum absolute atomic E-state index is 0.102. The predicted molar refractivity (Wildman–Crippen MR) is 59.5 cm³/mol. The summed E-state index contributed by atoms with van der Waals surface area (Å²) in [6.07, 6.45) is -0.601. The Morgan fingerprint density at radius 2 is 2.21 bits per heavy atom. The van der Waals surface area contributed by atoms with Gasteiger partial charge in [-0.05, 0) is 35.2 Å². The molecule has 80 valence electrons. The molecular weight excluding hydrogens is 196 g/mol. The molecule has 0 saturated carbocycles. The molecule has 2 nitrogen and oxygen atoms in total. The fraction of sp³-hybridized carbons (Fsp3) is 0.636. The summed E-state index contributed by atoms with van der Waals surface area (Å²) >= 11 is 1.60. The second-order valence-corrected chi connectivity index (χ2v) is 4.45. The van der Waals surface area contributed by atoms with Crippen molar-refractivity contribution in [1.82, 2.24) is 0 Å². The van der Waals surface area contributed by atoms with Crippen LogP contribution in [-0.4, -0.2) is 17.8 Å². The number of rotatable bonds is 5. The maximum Gasteiger partial charge on any atom is 0.106 e. The Hall–Kier alpha value is -0.380. The van der Waals surface area contributed by atoms with Gasteiger partial charge in [0.15, 0.2) is 0 Å². The van der Waals surface area contributed by atoms with Crippen LogP contribution >= 0.6 is 11.3 Å². The van der Waals surface area contributed by atoms with Crippen LogP contribution in [0.3, 0.4) is 0 Å². The third-order valence-electron chi connectivity index (χ3n) is 2.21. The number of ether oxygens (including phenoxy) is 1. The van der Waals surface area contributed by atoms with Crippen molar-refractivity contribution in [2.24, 2.45) is 5.92 Å². The topological polar surface area (TPSA) is 29.5 Å². The fourth-order valence-corrected chi connectivity index (χ4v) is 2.16. The Labute approximate surface area is 89.5 Å². The quantitative estimate of drug-likeness (QED) is 0.816. The summed E-state index contributed by atoms with van der Waals surface area (Å²) in [7, 11) is 0. The molecule has 0 bridgehead atoms. The van der Waals surface area contributed by atoms with Crippen LogP contribution in [0.4, 0.5) is 0 Å². The molecule has 0 spiro atoms. The molecule has 0 saturated heterocycles. The van der Waals surface area contributed by atoms with Crippen LogP contribution in [0, 0.1) is 5.92 Å². The summed E-state index contributed by atoms with van der Waals surface area (Å²) in [6.45, 7) is 6.73. The monoisotopic (exact) mass is 214 g/mol. The largest absolute Gasteiger partial charge is 0.386 e. The number of hydrogen-bond donors (Lipinski definition) is 1. The SMILES string of the molecule is CCOC(C(C)C)C(O)c1ccsc1. The summed E-state index contributed by atoms with van der Waals surface area (Å²) in [6, 6.07) is 1.95. The third kappa shape index (κ3) is 2.80.